The summed E-state index contributed by atoms with van der Waals surface area (Å²) in [6.45, 7) is 7.65. The highest BCUT2D eigenvalue weighted by Gasteiger charge is 2.29. The second-order valence-electron chi connectivity index (χ2n) is 5.96. The summed E-state index contributed by atoms with van der Waals surface area (Å²) in [6, 6.07) is 12.0. The highest BCUT2D eigenvalue weighted by Crippen LogP contribution is 2.26. The fourth-order valence-corrected chi connectivity index (χ4v) is 2.33. The zero-order chi connectivity index (χ0) is 15.6. The van der Waals surface area contributed by atoms with Crippen molar-refractivity contribution in [1.29, 1.82) is 0 Å². The minimum atomic E-state index is -0.731. The van der Waals surface area contributed by atoms with Crippen molar-refractivity contribution in [2.24, 2.45) is 0 Å². The Morgan fingerprint density at radius 2 is 1.52 bits per heavy atom. The maximum atomic E-state index is 13.0. The Kier molecular flexibility index (Phi) is 4.12. The summed E-state index contributed by atoms with van der Waals surface area (Å²) in [4.78, 5) is 12.5. The number of aryl methyl sites for hydroxylation is 2. The standard InChI is InChI=1S/C18H20FNO/c1-12-9-13(2)11-16(10-12)20-17(21)18(3,4)14-5-7-15(19)8-6-14/h5-11H,1-4H3,(H,20,21). The summed E-state index contributed by atoms with van der Waals surface area (Å²) in [5.74, 6) is -0.414. The van der Waals surface area contributed by atoms with Crippen LogP contribution in [0.1, 0.15) is 30.5 Å². The van der Waals surface area contributed by atoms with Crippen LogP contribution in [0.5, 0.6) is 0 Å². The van der Waals surface area contributed by atoms with E-state index in [0.717, 1.165) is 22.4 Å². The first kappa shape index (κ1) is 15.2. The smallest absolute Gasteiger partial charge is 0.234 e. The van der Waals surface area contributed by atoms with Crippen LogP contribution >= 0.6 is 0 Å². The van der Waals surface area contributed by atoms with Gasteiger partial charge in [0, 0.05) is 5.69 Å². The quantitative estimate of drug-likeness (QED) is 0.892. The molecular formula is C18H20FNO. The number of rotatable bonds is 3. The van der Waals surface area contributed by atoms with Gasteiger partial charge in [-0.2, -0.15) is 0 Å². The molecule has 2 aromatic rings. The van der Waals surface area contributed by atoms with Crippen LogP contribution < -0.4 is 5.32 Å². The topological polar surface area (TPSA) is 29.1 Å². The Balaban J connectivity index is 2.23. The largest absolute Gasteiger partial charge is 0.325 e. The van der Waals surface area contributed by atoms with E-state index in [4.69, 9.17) is 0 Å². The van der Waals surface area contributed by atoms with Gasteiger partial charge in [-0.25, -0.2) is 4.39 Å². The molecule has 3 heteroatoms. The molecule has 0 saturated carbocycles. The van der Waals surface area contributed by atoms with Gasteiger partial charge in [0.2, 0.25) is 5.91 Å². The lowest BCUT2D eigenvalue weighted by Crippen LogP contribution is -2.34. The van der Waals surface area contributed by atoms with Crippen LogP contribution in [0.3, 0.4) is 0 Å². The Bertz CT molecular complexity index is 639. The van der Waals surface area contributed by atoms with Crippen LogP contribution in [0.25, 0.3) is 0 Å². The fraction of sp³-hybridized carbons (Fsp3) is 0.278. The molecule has 0 heterocycles. The van der Waals surface area contributed by atoms with Gasteiger partial charge >= 0.3 is 0 Å². The van der Waals surface area contributed by atoms with Crippen molar-refractivity contribution in [3.05, 3.63) is 65.0 Å². The van der Waals surface area contributed by atoms with Crippen LogP contribution in [0.2, 0.25) is 0 Å². The highest BCUT2D eigenvalue weighted by molar-refractivity contribution is 5.98. The van der Waals surface area contributed by atoms with E-state index >= 15 is 0 Å². The molecule has 0 radical (unpaired) electrons. The van der Waals surface area contributed by atoms with E-state index in [1.165, 1.54) is 12.1 Å². The fourth-order valence-electron chi connectivity index (χ4n) is 2.33. The molecule has 2 aromatic carbocycles. The summed E-state index contributed by atoms with van der Waals surface area (Å²) in [7, 11) is 0. The number of nitrogens with one attached hydrogen (secondary N) is 1. The molecule has 0 saturated heterocycles. The predicted octanol–water partition coefficient (Wildman–Crippen LogP) is 4.36. The van der Waals surface area contributed by atoms with Gasteiger partial charge in [0.05, 0.1) is 5.41 Å². The van der Waals surface area contributed by atoms with E-state index in [0.29, 0.717) is 0 Å². The van der Waals surface area contributed by atoms with Gasteiger partial charge in [0.25, 0.3) is 0 Å². The van der Waals surface area contributed by atoms with Crippen LogP contribution in [-0.4, -0.2) is 5.91 Å². The Labute approximate surface area is 125 Å². The first-order valence-corrected chi connectivity index (χ1v) is 6.95. The zero-order valence-corrected chi connectivity index (χ0v) is 12.8. The van der Waals surface area contributed by atoms with Crippen molar-refractivity contribution in [1.82, 2.24) is 0 Å². The second-order valence-corrected chi connectivity index (χ2v) is 5.96. The predicted molar refractivity (Wildman–Crippen MR) is 84.0 cm³/mol. The van der Waals surface area contributed by atoms with Crippen molar-refractivity contribution in [3.63, 3.8) is 0 Å². The van der Waals surface area contributed by atoms with Gasteiger partial charge in [0.15, 0.2) is 0 Å². The SMILES string of the molecule is Cc1cc(C)cc(NC(=O)C(C)(C)c2ccc(F)cc2)c1. The molecule has 0 aliphatic carbocycles. The number of benzene rings is 2. The second kappa shape index (κ2) is 5.68. The lowest BCUT2D eigenvalue weighted by Gasteiger charge is -2.24. The summed E-state index contributed by atoms with van der Waals surface area (Å²) in [5, 5.41) is 2.94. The van der Waals surface area contributed by atoms with Gasteiger partial charge in [-0.3, -0.25) is 4.79 Å². The molecule has 2 rings (SSSR count). The Morgan fingerprint density at radius 1 is 1.00 bits per heavy atom. The molecule has 0 aliphatic rings. The van der Waals surface area contributed by atoms with E-state index in [1.807, 2.05) is 39.8 Å². The molecular weight excluding hydrogens is 265 g/mol. The molecule has 1 N–H and O–H groups in total. The molecule has 0 bridgehead atoms. The summed E-state index contributed by atoms with van der Waals surface area (Å²) >= 11 is 0. The maximum Gasteiger partial charge on any atom is 0.234 e. The molecule has 0 unspecified atom stereocenters. The molecule has 21 heavy (non-hydrogen) atoms. The average molecular weight is 285 g/mol. The molecule has 1 amide bonds. The third-order valence-corrected chi connectivity index (χ3v) is 3.61. The van der Waals surface area contributed by atoms with E-state index in [9.17, 15) is 9.18 Å². The molecule has 0 atom stereocenters. The van der Waals surface area contributed by atoms with Crippen LogP contribution in [0, 0.1) is 19.7 Å². The number of amides is 1. The number of halogens is 1. The van der Waals surface area contributed by atoms with Gasteiger partial charge in [0.1, 0.15) is 5.82 Å². The Hall–Kier alpha value is -2.16. The number of carbonyl (C=O) groups excluding carboxylic acids is 1. The monoisotopic (exact) mass is 285 g/mol. The van der Waals surface area contributed by atoms with Crippen LogP contribution in [-0.2, 0) is 10.2 Å². The molecule has 2 nitrogen and oxygen atoms in total. The van der Waals surface area contributed by atoms with E-state index in [-0.39, 0.29) is 11.7 Å². The third kappa shape index (κ3) is 3.48. The first-order chi connectivity index (χ1) is 9.79. The molecule has 0 spiro atoms. The molecule has 0 aromatic heterocycles. The third-order valence-electron chi connectivity index (χ3n) is 3.61. The molecule has 0 fully saturated rings. The summed E-state index contributed by atoms with van der Waals surface area (Å²) in [6.07, 6.45) is 0. The number of carbonyl (C=O) groups is 1. The minimum absolute atomic E-state index is 0.112. The number of hydrogen-bond donors (Lipinski definition) is 1. The normalized spacial score (nSPS) is 11.3. The van der Waals surface area contributed by atoms with E-state index < -0.39 is 5.41 Å². The van der Waals surface area contributed by atoms with Crippen molar-refractivity contribution in [2.45, 2.75) is 33.1 Å². The zero-order valence-electron chi connectivity index (χ0n) is 12.8. The van der Waals surface area contributed by atoms with Gasteiger partial charge in [-0.15, -0.1) is 0 Å². The number of anilines is 1. The lowest BCUT2D eigenvalue weighted by atomic mass is 9.83. The van der Waals surface area contributed by atoms with Gasteiger partial charge in [-0.05, 0) is 68.7 Å². The van der Waals surface area contributed by atoms with Crippen molar-refractivity contribution >= 4 is 11.6 Å². The first-order valence-electron chi connectivity index (χ1n) is 6.95. The van der Waals surface area contributed by atoms with Crippen molar-refractivity contribution in [3.8, 4) is 0 Å². The lowest BCUT2D eigenvalue weighted by molar-refractivity contribution is -0.120. The molecule has 0 aliphatic heterocycles. The Morgan fingerprint density at radius 3 is 2.05 bits per heavy atom. The van der Waals surface area contributed by atoms with Gasteiger partial charge in [-0.1, -0.05) is 18.2 Å². The minimum Gasteiger partial charge on any atom is -0.325 e. The molecule has 110 valence electrons. The maximum absolute atomic E-state index is 13.0. The van der Waals surface area contributed by atoms with Crippen LogP contribution in [0.4, 0.5) is 10.1 Å². The van der Waals surface area contributed by atoms with E-state index in [1.54, 1.807) is 12.1 Å². The summed E-state index contributed by atoms with van der Waals surface area (Å²) < 4.78 is 13.0. The van der Waals surface area contributed by atoms with Crippen LogP contribution in [0.15, 0.2) is 42.5 Å². The number of hydrogen-bond acceptors (Lipinski definition) is 1. The van der Waals surface area contributed by atoms with Crippen molar-refractivity contribution < 1.29 is 9.18 Å². The summed E-state index contributed by atoms with van der Waals surface area (Å²) in [5.41, 5.74) is 3.04. The van der Waals surface area contributed by atoms with Crippen molar-refractivity contribution in [2.75, 3.05) is 5.32 Å². The van der Waals surface area contributed by atoms with Gasteiger partial charge < -0.3 is 5.32 Å². The van der Waals surface area contributed by atoms with E-state index in [2.05, 4.69) is 11.4 Å². The highest BCUT2D eigenvalue weighted by atomic mass is 19.1. The average Bonchev–Trinajstić information content (AvgIpc) is 2.37.